The van der Waals surface area contributed by atoms with Crippen molar-refractivity contribution in [3.63, 3.8) is 0 Å². The third-order valence-corrected chi connectivity index (χ3v) is 4.39. The molecule has 0 amide bonds. The number of fused-ring (bicyclic) bond motifs is 2. The van der Waals surface area contributed by atoms with Crippen LogP contribution in [0.3, 0.4) is 0 Å². The van der Waals surface area contributed by atoms with Crippen molar-refractivity contribution < 1.29 is 9.52 Å². The smallest absolute Gasteiger partial charge is 0.181 e. The lowest BCUT2D eigenvalue weighted by molar-refractivity contribution is 0.0301. The van der Waals surface area contributed by atoms with Crippen molar-refractivity contribution in [2.45, 2.75) is 70.2 Å². The molecule has 2 saturated heterocycles. The molecule has 4 heteroatoms. The molecular weight excluding hydrogens is 228 g/mol. The molecule has 1 aromatic rings. The van der Waals surface area contributed by atoms with E-state index in [1.54, 1.807) is 6.39 Å². The first kappa shape index (κ1) is 12.2. The van der Waals surface area contributed by atoms with E-state index in [-0.39, 0.29) is 6.10 Å². The molecule has 4 nitrogen and oxygen atoms in total. The lowest BCUT2D eigenvalue weighted by Gasteiger charge is -2.36. The molecule has 100 valence electrons. The Morgan fingerprint density at radius 2 is 2.06 bits per heavy atom. The molecule has 2 aliphatic heterocycles. The molecule has 1 aromatic heterocycles. The van der Waals surface area contributed by atoms with Gasteiger partial charge in [0.2, 0.25) is 0 Å². The van der Waals surface area contributed by atoms with E-state index in [9.17, 15) is 5.11 Å². The molecule has 0 aromatic carbocycles. The summed E-state index contributed by atoms with van der Waals surface area (Å²) in [5.41, 5.74) is 1.08. The molecule has 2 bridgehead atoms. The van der Waals surface area contributed by atoms with E-state index in [1.807, 2.05) is 0 Å². The van der Waals surface area contributed by atoms with Gasteiger partial charge in [-0.1, -0.05) is 13.8 Å². The van der Waals surface area contributed by atoms with Crippen molar-refractivity contribution in [3.05, 3.63) is 17.8 Å². The van der Waals surface area contributed by atoms with E-state index in [2.05, 4.69) is 23.7 Å². The van der Waals surface area contributed by atoms with E-state index in [0.717, 1.165) is 30.8 Å². The van der Waals surface area contributed by atoms with Crippen LogP contribution >= 0.6 is 0 Å². The maximum absolute atomic E-state index is 9.82. The lowest BCUT2D eigenvalue weighted by atomic mass is 9.99. The highest BCUT2D eigenvalue weighted by atomic mass is 16.3. The van der Waals surface area contributed by atoms with Crippen molar-refractivity contribution in [1.82, 2.24) is 9.88 Å². The van der Waals surface area contributed by atoms with Crippen LogP contribution in [0.2, 0.25) is 0 Å². The number of rotatable bonds is 3. The van der Waals surface area contributed by atoms with E-state index in [0.29, 0.717) is 18.0 Å². The van der Waals surface area contributed by atoms with Crippen molar-refractivity contribution in [3.8, 4) is 0 Å². The summed E-state index contributed by atoms with van der Waals surface area (Å²) >= 11 is 0. The molecule has 3 rings (SSSR count). The topological polar surface area (TPSA) is 49.5 Å². The molecule has 0 radical (unpaired) electrons. The van der Waals surface area contributed by atoms with E-state index < -0.39 is 0 Å². The van der Waals surface area contributed by atoms with Crippen molar-refractivity contribution in [2.75, 3.05) is 0 Å². The standard InChI is InChI=1S/C14H22N2O2/c1-9(2)14-13(15-8-18-14)7-16-10-3-4-11(16)6-12(17)5-10/h8-12,17H,3-7H2,1-2H3. The fourth-order valence-corrected chi connectivity index (χ4v) is 3.54. The second-order valence-corrected chi connectivity index (χ2v) is 6.00. The highest BCUT2D eigenvalue weighted by Crippen LogP contribution is 2.37. The van der Waals surface area contributed by atoms with Gasteiger partial charge in [0.05, 0.1) is 11.8 Å². The van der Waals surface area contributed by atoms with Crippen LogP contribution in [0.25, 0.3) is 0 Å². The van der Waals surface area contributed by atoms with Gasteiger partial charge in [0.25, 0.3) is 0 Å². The number of aliphatic hydroxyl groups is 1. The quantitative estimate of drug-likeness (QED) is 0.894. The highest BCUT2D eigenvalue weighted by molar-refractivity contribution is 5.12. The maximum Gasteiger partial charge on any atom is 0.181 e. The number of hydrogen-bond acceptors (Lipinski definition) is 4. The van der Waals surface area contributed by atoms with Gasteiger partial charge in [-0.15, -0.1) is 0 Å². The van der Waals surface area contributed by atoms with Crippen molar-refractivity contribution in [1.29, 1.82) is 0 Å². The molecule has 3 heterocycles. The molecule has 2 aliphatic rings. The number of nitrogens with zero attached hydrogens (tertiary/aromatic N) is 2. The van der Waals surface area contributed by atoms with Crippen molar-refractivity contribution in [2.24, 2.45) is 0 Å². The number of oxazole rings is 1. The lowest BCUT2D eigenvalue weighted by Crippen LogP contribution is -2.44. The van der Waals surface area contributed by atoms with Gasteiger partial charge in [0.1, 0.15) is 5.76 Å². The van der Waals surface area contributed by atoms with Gasteiger partial charge < -0.3 is 9.52 Å². The van der Waals surface area contributed by atoms with Gasteiger partial charge in [-0.25, -0.2) is 4.98 Å². The average molecular weight is 250 g/mol. The minimum Gasteiger partial charge on any atom is -0.448 e. The second-order valence-electron chi connectivity index (χ2n) is 6.00. The molecule has 2 atom stereocenters. The van der Waals surface area contributed by atoms with E-state index >= 15 is 0 Å². The molecule has 0 saturated carbocycles. The minimum atomic E-state index is -0.0966. The molecule has 1 N–H and O–H groups in total. The van der Waals surface area contributed by atoms with Gasteiger partial charge in [0.15, 0.2) is 6.39 Å². The van der Waals surface area contributed by atoms with Gasteiger partial charge >= 0.3 is 0 Å². The summed E-state index contributed by atoms with van der Waals surface area (Å²) in [4.78, 5) is 6.90. The maximum atomic E-state index is 9.82. The van der Waals surface area contributed by atoms with Crippen LogP contribution in [-0.2, 0) is 6.54 Å². The fraction of sp³-hybridized carbons (Fsp3) is 0.786. The van der Waals surface area contributed by atoms with Gasteiger partial charge in [-0.2, -0.15) is 0 Å². The zero-order chi connectivity index (χ0) is 12.7. The molecule has 18 heavy (non-hydrogen) atoms. The van der Waals surface area contributed by atoms with Crippen LogP contribution in [0.4, 0.5) is 0 Å². The summed E-state index contributed by atoms with van der Waals surface area (Å²) in [6, 6.07) is 1.07. The predicted molar refractivity (Wildman–Crippen MR) is 68.2 cm³/mol. The van der Waals surface area contributed by atoms with Gasteiger partial charge in [-0.05, 0) is 25.7 Å². The predicted octanol–water partition coefficient (Wildman–Crippen LogP) is 2.29. The Balaban J connectivity index is 1.75. The van der Waals surface area contributed by atoms with Gasteiger partial charge in [0, 0.05) is 24.5 Å². The Morgan fingerprint density at radius 3 is 2.67 bits per heavy atom. The monoisotopic (exact) mass is 250 g/mol. The Hall–Kier alpha value is -0.870. The summed E-state index contributed by atoms with van der Waals surface area (Å²) in [5.74, 6) is 1.40. The second kappa shape index (κ2) is 4.67. The Morgan fingerprint density at radius 1 is 1.39 bits per heavy atom. The normalized spacial score (nSPS) is 32.3. The van der Waals surface area contributed by atoms with Gasteiger partial charge in [-0.3, -0.25) is 4.90 Å². The summed E-state index contributed by atoms with van der Waals surface area (Å²) in [5, 5.41) is 9.82. The minimum absolute atomic E-state index is 0.0966. The summed E-state index contributed by atoms with van der Waals surface area (Å²) < 4.78 is 5.49. The molecule has 0 aliphatic carbocycles. The summed E-state index contributed by atoms with van der Waals surface area (Å²) in [7, 11) is 0. The first-order valence-corrected chi connectivity index (χ1v) is 7.01. The highest BCUT2D eigenvalue weighted by Gasteiger charge is 2.40. The summed E-state index contributed by atoms with van der Waals surface area (Å²) in [6.07, 6.45) is 5.75. The SMILES string of the molecule is CC(C)c1ocnc1CN1C2CCC1CC(O)C2. The number of aliphatic hydroxyl groups excluding tert-OH is 1. The number of aromatic nitrogens is 1. The van der Waals surface area contributed by atoms with E-state index in [4.69, 9.17) is 4.42 Å². The van der Waals surface area contributed by atoms with Crippen LogP contribution in [0.15, 0.2) is 10.8 Å². The number of piperidine rings is 1. The van der Waals surface area contributed by atoms with Crippen LogP contribution in [0.1, 0.15) is 56.9 Å². The molecular formula is C14H22N2O2. The van der Waals surface area contributed by atoms with Crippen molar-refractivity contribution >= 4 is 0 Å². The third-order valence-electron chi connectivity index (χ3n) is 4.39. The largest absolute Gasteiger partial charge is 0.448 e. The first-order valence-electron chi connectivity index (χ1n) is 7.01. The molecule has 0 spiro atoms. The Kier molecular flexibility index (Phi) is 3.16. The summed E-state index contributed by atoms with van der Waals surface area (Å²) in [6.45, 7) is 5.16. The van der Waals surface area contributed by atoms with Crippen LogP contribution < -0.4 is 0 Å². The average Bonchev–Trinajstić information content (AvgIpc) is 2.85. The Labute approximate surface area is 108 Å². The van der Waals surface area contributed by atoms with Crippen LogP contribution in [-0.4, -0.2) is 33.2 Å². The molecule has 2 unspecified atom stereocenters. The van der Waals surface area contributed by atoms with Crippen LogP contribution in [0.5, 0.6) is 0 Å². The zero-order valence-corrected chi connectivity index (χ0v) is 11.2. The van der Waals surface area contributed by atoms with E-state index in [1.165, 1.54) is 12.8 Å². The Bertz CT molecular complexity index is 402. The fourth-order valence-electron chi connectivity index (χ4n) is 3.54. The number of hydrogen-bond donors (Lipinski definition) is 1. The first-order chi connectivity index (χ1) is 8.65. The van der Waals surface area contributed by atoms with Crippen LogP contribution in [0, 0.1) is 0 Å². The third kappa shape index (κ3) is 2.08. The zero-order valence-electron chi connectivity index (χ0n) is 11.2. The molecule has 2 fully saturated rings.